The maximum absolute atomic E-state index is 12.9. The molecule has 1 atom stereocenters. The van der Waals surface area contributed by atoms with Crippen molar-refractivity contribution in [1.82, 2.24) is 0 Å². The van der Waals surface area contributed by atoms with Crippen LogP contribution in [0.2, 0.25) is 0 Å². The van der Waals surface area contributed by atoms with Crippen LogP contribution in [0.15, 0.2) is 59.9 Å². The van der Waals surface area contributed by atoms with Crippen molar-refractivity contribution in [3.8, 4) is 5.75 Å². The van der Waals surface area contributed by atoms with E-state index in [0.717, 1.165) is 5.56 Å². The molecule has 0 aliphatic carbocycles. The number of anilines is 1. The highest BCUT2D eigenvalue weighted by Crippen LogP contribution is 2.42. The second-order valence-corrected chi connectivity index (χ2v) is 7.29. The summed E-state index contributed by atoms with van der Waals surface area (Å²) in [6.07, 6.45) is 0.226. The molecule has 0 radical (unpaired) electrons. The van der Waals surface area contributed by atoms with Crippen LogP contribution in [0.25, 0.3) is 0 Å². The van der Waals surface area contributed by atoms with Gasteiger partial charge in [0.05, 0.1) is 11.6 Å². The van der Waals surface area contributed by atoms with Gasteiger partial charge in [-0.25, -0.2) is 0 Å². The largest absolute Gasteiger partial charge is 0.508 e. The monoisotopic (exact) mass is 365 g/mol. The van der Waals surface area contributed by atoms with Crippen molar-refractivity contribution in [2.45, 2.75) is 33.2 Å². The third-order valence-electron chi connectivity index (χ3n) is 4.60. The molecule has 0 fully saturated rings. The van der Waals surface area contributed by atoms with Gasteiger partial charge < -0.3 is 10.2 Å². The Labute approximate surface area is 158 Å². The normalized spacial score (nSPS) is 17.1. The van der Waals surface area contributed by atoms with Crippen molar-refractivity contribution in [2.24, 2.45) is 5.92 Å². The van der Waals surface area contributed by atoms with Gasteiger partial charge in [-0.05, 0) is 42.7 Å². The van der Waals surface area contributed by atoms with E-state index in [-0.39, 0.29) is 29.4 Å². The Kier molecular flexibility index (Phi) is 5.04. The van der Waals surface area contributed by atoms with Crippen LogP contribution in [0, 0.1) is 12.8 Å². The lowest BCUT2D eigenvalue weighted by Crippen LogP contribution is -2.31. The van der Waals surface area contributed by atoms with Gasteiger partial charge >= 0.3 is 0 Å². The number of amides is 1. The quantitative estimate of drug-likeness (QED) is 0.832. The predicted molar refractivity (Wildman–Crippen MR) is 104 cm³/mol. The van der Waals surface area contributed by atoms with E-state index >= 15 is 0 Å². The maximum Gasteiger partial charge on any atom is 0.294 e. The van der Waals surface area contributed by atoms with Crippen LogP contribution in [0.1, 0.15) is 37.4 Å². The molecular formula is C22H23NO4. The number of phenolic OH excluding ortho intramolecular Hbond substituents is 1. The van der Waals surface area contributed by atoms with Crippen molar-refractivity contribution in [3.05, 3.63) is 71.0 Å². The van der Waals surface area contributed by atoms with Crippen LogP contribution in [-0.4, -0.2) is 21.9 Å². The first kappa shape index (κ1) is 18.7. The predicted octanol–water partition coefficient (Wildman–Crippen LogP) is 4.22. The number of hydrogen-bond donors (Lipinski definition) is 2. The Balaban J connectivity index is 2.15. The van der Waals surface area contributed by atoms with E-state index in [4.69, 9.17) is 0 Å². The van der Waals surface area contributed by atoms with E-state index in [9.17, 15) is 19.8 Å². The number of aliphatic hydroxyl groups excluding tert-OH is 1. The topological polar surface area (TPSA) is 77.8 Å². The standard InChI is InChI=1S/C22H23NO4/c1-13(2)11-18(25)19-20(15-5-4-6-17(24)12-15)23(22(27)21(19)26)16-9-7-14(3)8-10-16/h4-10,12-13,20,24,26H,11H2,1-3H3. The Hall–Kier alpha value is -3.08. The highest BCUT2D eigenvalue weighted by atomic mass is 16.3. The van der Waals surface area contributed by atoms with Gasteiger partial charge in [0.25, 0.3) is 5.91 Å². The molecule has 2 aromatic carbocycles. The number of carbonyl (C=O) groups excluding carboxylic acids is 2. The molecule has 1 aliphatic heterocycles. The number of benzene rings is 2. The van der Waals surface area contributed by atoms with Crippen molar-refractivity contribution in [3.63, 3.8) is 0 Å². The minimum atomic E-state index is -0.779. The van der Waals surface area contributed by atoms with Crippen LogP contribution < -0.4 is 4.90 Å². The molecule has 0 saturated carbocycles. The molecule has 5 heteroatoms. The molecule has 2 N–H and O–H groups in total. The van der Waals surface area contributed by atoms with E-state index in [1.165, 1.54) is 17.0 Å². The molecule has 0 saturated heterocycles. The zero-order valence-corrected chi connectivity index (χ0v) is 15.6. The van der Waals surface area contributed by atoms with Gasteiger partial charge in [-0.1, -0.05) is 43.7 Å². The first-order valence-corrected chi connectivity index (χ1v) is 8.95. The van der Waals surface area contributed by atoms with E-state index in [1.807, 2.05) is 32.9 Å². The SMILES string of the molecule is Cc1ccc(N2C(=O)C(O)=C(C(=O)CC(C)C)C2c2cccc(O)c2)cc1. The summed E-state index contributed by atoms with van der Waals surface area (Å²) >= 11 is 0. The van der Waals surface area contributed by atoms with Gasteiger partial charge in [0.2, 0.25) is 0 Å². The third kappa shape index (κ3) is 3.58. The fraction of sp³-hybridized carbons (Fsp3) is 0.273. The number of aromatic hydroxyl groups is 1. The Morgan fingerprint density at radius 3 is 2.37 bits per heavy atom. The molecule has 1 unspecified atom stereocenters. The summed E-state index contributed by atoms with van der Waals surface area (Å²) < 4.78 is 0. The summed E-state index contributed by atoms with van der Waals surface area (Å²) in [5.74, 6) is -1.27. The van der Waals surface area contributed by atoms with E-state index in [2.05, 4.69) is 0 Å². The van der Waals surface area contributed by atoms with E-state index in [0.29, 0.717) is 11.3 Å². The molecule has 5 nitrogen and oxygen atoms in total. The summed E-state index contributed by atoms with van der Waals surface area (Å²) in [5.41, 5.74) is 2.27. The number of Topliss-reactive ketones (excluding diaryl/α,β-unsaturated/α-hetero) is 1. The number of aryl methyl sites for hydroxylation is 1. The number of carbonyl (C=O) groups is 2. The summed E-state index contributed by atoms with van der Waals surface area (Å²) in [6, 6.07) is 13.0. The molecule has 0 bridgehead atoms. The summed E-state index contributed by atoms with van der Waals surface area (Å²) in [6.45, 7) is 5.76. The minimum Gasteiger partial charge on any atom is -0.508 e. The number of nitrogens with zero attached hydrogens (tertiary/aromatic N) is 1. The first-order chi connectivity index (χ1) is 12.8. The van der Waals surface area contributed by atoms with Crippen LogP contribution in [0.5, 0.6) is 5.75 Å². The molecule has 3 rings (SSSR count). The lowest BCUT2D eigenvalue weighted by Gasteiger charge is -2.27. The van der Waals surface area contributed by atoms with Gasteiger partial charge in [-0.2, -0.15) is 0 Å². The fourth-order valence-electron chi connectivity index (χ4n) is 3.35. The third-order valence-corrected chi connectivity index (χ3v) is 4.60. The first-order valence-electron chi connectivity index (χ1n) is 8.95. The number of ketones is 1. The second-order valence-electron chi connectivity index (χ2n) is 7.29. The van der Waals surface area contributed by atoms with E-state index in [1.54, 1.807) is 24.3 Å². The number of phenols is 1. The van der Waals surface area contributed by atoms with E-state index < -0.39 is 17.7 Å². The highest BCUT2D eigenvalue weighted by molar-refractivity contribution is 6.16. The van der Waals surface area contributed by atoms with Gasteiger partial charge in [0.1, 0.15) is 5.75 Å². The van der Waals surface area contributed by atoms with Crippen LogP contribution in [0.4, 0.5) is 5.69 Å². The molecule has 1 aliphatic rings. The van der Waals surface area contributed by atoms with Crippen LogP contribution in [0.3, 0.4) is 0 Å². The molecule has 27 heavy (non-hydrogen) atoms. The lowest BCUT2D eigenvalue weighted by atomic mass is 9.92. The number of hydrogen-bond acceptors (Lipinski definition) is 4. The molecule has 0 spiro atoms. The van der Waals surface area contributed by atoms with Gasteiger partial charge in [0.15, 0.2) is 11.5 Å². The van der Waals surface area contributed by atoms with Gasteiger partial charge in [-0.3, -0.25) is 14.5 Å². The molecule has 0 aromatic heterocycles. The lowest BCUT2D eigenvalue weighted by molar-refractivity contribution is -0.118. The maximum atomic E-state index is 12.9. The molecular weight excluding hydrogens is 342 g/mol. The number of aliphatic hydroxyl groups is 1. The Morgan fingerprint density at radius 2 is 1.78 bits per heavy atom. The minimum absolute atomic E-state index is 0.0332. The zero-order chi connectivity index (χ0) is 19.7. The molecule has 2 aromatic rings. The molecule has 140 valence electrons. The second kappa shape index (κ2) is 7.27. The Bertz CT molecular complexity index is 912. The van der Waals surface area contributed by atoms with Gasteiger partial charge in [0, 0.05) is 12.1 Å². The fourth-order valence-corrected chi connectivity index (χ4v) is 3.35. The smallest absolute Gasteiger partial charge is 0.294 e. The van der Waals surface area contributed by atoms with Crippen molar-refractivity contribution >= 4 is 17.4 Å². The molecule has 1 heterocycles. The Morgan fingerprint density at radius 1 is 1.11 bits per heavy atom. The number of rotatable bonds is 5. The van der Waals surface area contributed by atoms with Crippen molar-refractivity contribution in [1.29, 1.82) is 0 Å². The average Bonchev–Trinajstić information content (AvgIpc) is 2.87. The zero-order valence-electron chi connectivity index (χ0n) is 15.6. The summed E-state index contributed by atoms with van der Waals surface area (Å²) in [7, 11) is 0. The van der Waals surface area contributed by atoms with Crippen molar-refractivity contribution in [2.75, 3.05) is 4.90 Å². The van der Waals surface area contributed by atoms with Crippen molar-refractivity contribution < 1.29 is 19.8 Å². The molecule has 1 amide bonds. The van der Waals surface area contributed by atoms with Crippen LogP contribution in [-0.2, 0) is 9.59 Å². The van der Waals surface area contributed by atoms with Gasteiger partial charge in [-0.15, -0.1) is 0 Å². The summed E-state index contributed by atoms with van der Waals surface area (Å²) in [4.78, 5) is 27.1. The van der Waals surface area contributed by atoms with Crippen LogP contribution >= 0.6 is 0 Å². The average molecular weight is 365 g/mol. The summed E-state index contributed by atoms with van der Waals surface area (Å²) in [5, 5.41) is 20.4. The highest BCUT2D eigenvalue weighted by Gasteiger charge is 2.44.